The molecule has 0 bridgehead atoms. The number of urea groups is 1. The maximum atomic E-state index is 12.1. The lowest BCUT2D eigenvalue weighted by Crippen LogP contribution is -2.34. The van der Waals surface area contributed by atoms with Gasteiger partial charge in [0.1, 0.15) is 0 Å². The Morgan fingerprint density at radius 3 is 2.50 bits per heavy atom. The molecule has 0 radical (unpaired) electrons. The van der Waals surface area contributed by atoms with Crippen molar-refractivity contribution < 1.29 is 4.79 Å². The van der Waals surface area contributed by atoms with Gasteiger partial charge in [-0.3, -0.25) is 5.32 Å². The van der Waals surface area contributed by atoms with Gasteiger partial charge in [-0.15, -0.1) is 11.3 Å². The summed E-state index contributed by atoms with van der Waals surface area (Å²) in [5.41, 5.74) is 2.13. The van der Waals surface area contributed by atoms with Crippen LogP contribution in [0.25, 0.3) is 0 Å². The molecule has 1 aromatic carbocycles. The van der Waals surface area contributed by atoms with Gasteiger partial charge in [0, 0.05) is 29.4 Å². The molecular weight excluding hydrogens is 318 g/mol. The Hall–Kier alpha value is -1.59. The summed E-state index contributed by atoms with van der Waals surface area (Å²) in [7, 11) is 0. The molecule has 1 aromatic heterocycles. The van der Waals surface area contributed by atoms with E-state index < -0.39 is 0 Å². The van der Waals surface area contributed by atoms with Crippen LogP contribution in [0.4, 0.5) is 9.93 Å². The first-order valence-corrected chi connectivity index (χ1v) is 8.49. The molecule has 0 atom stereocenters. The normalized spacial score (nSPS) is 10.5. The highest BCUT2D eigenvalue weighted by molar-refractivity contribution is 7.15. The number of hydrogen-bond acceptors (Lipinski definition) is 3. The second-order valence-electron chi connectivity index (χ2n) is 4.93. The number of nitrogens with zero attached hydrogens (tertiary/aromatic N) is 2. The van der Waals surface area contributed by atoms with Crippen LogP contribution in [-0.2, 0) is 6.42 Å². The molecule has 0 spiro atoms. The van der Waals surface area contributed by atoms with Crippen LogP contribution in [0.1, 0.15) is 30.0 Å². The monoisotopic (exact) mass is 337 g/mol. The zero-order valence-electron chi connectivity index (χ0n) is 13.0. The summed E-state index contributed by atoms with van der Waals surface area (Å²) in [6.45, 7) is 7.26. The molecule has 1 N–H and O–H groups in total. The van der Waals surface area contributed by atoms with Crippen LogP contribution in [0, 0.1) is 6.92 Å². The summed E-state index contributed by atoms with van der Waals surface area (Å²) in [5.74, 6) is 0. The lowest BCUT2D eigenvalue weighted by molar-refractivity contribution is 0.217. The lowest BCUT2D eigenvalue weighted by Gasteiger charge is -2.17. The van der Waals surface area contributed by atoms with Crippen molar-refractivity contribution in [2.24, 2.45) is 0 Å². The summed E-state index contributed by atoms with van der Waals surface area (Å²) in [6.07, 6.45) is 0.793. The molecule has 1 heterocycles. The Bertz CT molecular complexity index is 635. The maximum absolute atomic E-state index is 12.1. The third-order valence-electron chi connectivity index (χ3n) is 3.44. The van der Waals surface area contributed by atoms with E-state index in [-0.39, 0.29) is 6.03 Å². The second-order valence-corrected chi connectivity index (χ2v) is 6.45. The van der Waals surface area contributed by atoms with Crippen molar-refractivity contribution in [1.82, 2.24) is 9.88 Å². The maximum Gasteiger partial charge on any atom is 0.323 e. The average molecular weight is 338 g/mol. The molecule has 0 fully saturated rings. The number of amides is 2. The number of benzene rings is 1. The van der Waals surface area contributed by atoms with Gasteiger partial charge >= 0.3 is 6.03 Å². The standard InChI is InChI=1S/C16H20ClN3OS/c1-4-20(5-2)16(21)19-15-18-11(3)14(22-15)10-12-6-8-13(17)9-7-12/h6-9H,4-5,10H2,1-3H3,(H,18,19,21). The minimum absolute atomic E-state index is 0.100. The van der Waals surface area contributed by atoms with E-state index in [4.69, 9.17) is 11.6 Å². The molecule has 6 heteroatoms. The SMILES string of the molecule is CCN(CC)C(=O)Nc1nc(C)c(Cc2ccc(Cl)cc2)s1. The molecule has 0 aliphatic rings. The summed E-state index contributed by atoms with van der Waals surface area (Å²) in [5, 5.41) is 4.26. The molecule has 22 heavy (non-hydrogen) atoms. The van der Waals surface area contributed by atoms with Crippen LogP contribution in [0.5, 0.6) is 0 Å². The highest BCUT2D eigenvalue weighted by Gasteiger charge is 2.14. The van der Waals surface area contributed by atoms with Gasteiger partial charge in [-0.1, -0.05) is 23.7 Å². The zero-order valence-corrected chi connectivity index (χ0v) is 14.6. The molecule has 118 valence electrons. The third-order valence-corrected chi connectivity index (χ3v) is 4.76. The van der Waals surface area contributed by atoms with Gasteiger partial charge < -0.3 is 4.90 Å². The highest BCUT2D eigenvalue weighted by Crippen LogP contribution is 2.26. The minimum Gasteiger partial charge on any atom is -0.325 e. The number of anilines is 1. The van der Waals surface area contributed by atoms with Crippen LogP contribution in [-0.4, -0.2) is 29.0 Å². The predicted octanol–water partition coefficient (Wildman–Crippen LogP) is 4.57. The number of nitrogens with one attached hydrogen (secondary N) is 1. The van der Waals surface area contributed by atoms with Crippen molar-refractivity contribution >= 4 is 34.1 Å². The van der Waals surface area contributed by atoms with E-state index in [2.05, 4.69) is 10.3 Å². The molecular formula is C16H20ClN3OS. The fourth-order valence-corrected chi connectivity index (χ4v) is 3.23. The molecule has 0 saturated carbocycles. The van der Waals surface area contributed by atoms with Crippen molar-refractivity contribution in [3.63, 3.8) is 0 Å². The topological polar surface area (TPSA) is 45.2 Å². The van der Waals surface area contributed by atoms with E-state index in [9.17, 15) is 4.79 Å². The first-order chi connectivity index (χ1) is 10.5. The number of aromatic nitrogens is 1. The summed E-state index contributed by atoms with van der Waals surface area (Å²) < 4.78 is 0. The number of rotatable bonds is 5. The van der Waals surface area contributed by atoms with Crippen molar-refractivity contribution in [1.29, 1.82) is 0 Å². The first-order valence-electron chi connectivity index (χ1n) is 7.30. The Morgan fingerprint density at radius 2 is 1.91 bits per heavy atom. The van der Waals surface area contributed by atoms with Gasteiger partial charge in [0.15, 0.2) is 5.13 Å². The largest absolute Gasteiger partial charge is 0.325 e. The molecule has 0 unspecified atom stereocenters. The Morgan fingerprint density at radius 1 is 1.27 bits per heavy atom. The quantitative estimate of drug-likeness (QED) is 0.868. The molecule has 4 nitrogen and oxygen atoms in total. The molecule has 0 saturated heterocycles. The highest BCUT2D eigenvalue weighted by atomic mass is 35.5. The van der Waals surface area contributed by atoms with Gasteiger partial charge in [0.2, 0.25) is 0 Å². The van der Waals surface area contributed by atoms with Crippen LogP contribution < -0.4 is 5.32 Å². The number of halogens is 1. The Labute approximate surface area is 140 Å². The van der Waals surface area contributed by atoms with E-state index in [1.807, 2.05) is 45.0 Å². The number of carbonyl (C=O) groups excluding carboxylic acids is 1. The Kier molecular flexibility index (Phi) is 5.80. The van der Waals surface area contributed by atoms with Crippen molar-refractivity contribution in [2.45, 2.75) is 27.2 Å². The molecule has 2 amide bonds. The van der Waals surface area contributed by atoms with Crippen molar-refractivity contribution in [3.05, 3.63) is 45.4 Å². The van der Waals surface area contributed by atoms with E-state index in [0.717, 1.165) is 22.0 Å². The van der Waals surface area contributed by atoms with Crippen LogP contribution in [0.15, 0.2) is 24.3 Å². The van der Waals surface area contributed by atoms with Crippen LogP contribution in [0.2, 0.25) is 5.02 Å². The van der Waals surface area contributed by atoms with Gasteiger partial charge in [0.25, 0.3) is 0 Å². The second kappa shape index (κ2) is 7.61. The lowest BCUT2D eigenvalue weighted by atomic mass is 10.1. The van der Waals surface area contributed by atoms with E-state index in [1.165, 1.54) is 16.9 Å². The van der Waals surface area contributed by atoms with E-state index >= 15 is 0 Å². The summed E-state index contributed by atoms with van der Waals surface area (Å²) >= 11 is 7.43. The van der Waals surface area contributed by atoms with Gasteiger partial charge in [0.05, 0.1) is 5.69 Å². The fraction of sp³-hybridized carbons (Fsp3) is 0.375. The zero-order chi connectivity index (χ0) is 16.1. The summed E-state index contributed by atoms with van der Waals surface area (Å²) in [4.78, 5) is 19.4. The molecule has 0 aliphatic carbocycles. The Balaban J connectivity index is 2.07. The van der Waals surface area contributed by atoms with Crippen LogP contribution >= 0.6 is 22.9 Å². The minimum atomic E-state index is -0.100. The van der Waals surface area contributed by atoms with Crippen molar-refractivity contribution in [3.8, 4) is 0 Å². The number of thiazole rings is 1. The number of carbonyl (C=O) groups is 1. The molecule has 2 rings (SSSR count). The first kappa shape index (κ1) is 16.8. The molecule has 0 aliphatic heterocycles. The van der Waals surface area contributed by atoms with E-state index in [0.29, 0.717) is 18.2 Å². The van der Waals surface area contributed by atoms with Gasteiger partial charge in [-0.2, -0.15) is 0 Å². The predicted molar refractivity (Wildman–Crippen MR) is 93.0 cm³/mol. The average Bonchev–Trinajstić information content (AvgIpc) is 2.82. The smallest absolute Gasteiger partial charge is 0.323 e. The number of aryl methyl sites for hydroxylation is 1. The van der Waals surface area contributed by atoms with Gasteiger partial charge in [-0.25, -0.2) is 9.78 Å². The van der Waals surface area contributed by atoms with Crippen LogP contribution in [0.3, 0.4) is 0 Å². The van der Waals surface area contributed by atoms with E-state index in [1.54, 1.807) is 4.90 Å². The third kappa shape index (κ3) is 4.21. The van der Waals surface area contributed by atoms with Crippen molar-refractivity contribution in [2.75, 3.05) is 18.4 Å². The summed E-state index contributed by atoms with van der Waals surface area (Å²) in [6, 6.07) is 7.69. The fourth-order valence-electron chi connectivity index (χ4n) is 2.11. The number of hydrogen-bond donors (Lipinski definition) is 1. The van der Waals surface area contributed by atoms with Gasteiger partial charge in [-0.05, 0) is 38.5 Å². The molecule has 2 aromatic rings.